The fraction of sp³-hybridized carbons (Fsp3) is 0.600. The molecule has 0 unspecified atom stereocenters. The maximum absolute atomic E-state index is 11.2. The molecule has 104 valence electrons. The Hall–Kier alpha value is -1.58. The summed E-state index contributed by atoms with van der Waals surface area (Å²) in [6.07, 6.45) is 4.86. The van der Waals surface area contributed by atoms with E-state index in [9.17, 15) is 9.90 Å². The lowest BCUT2D eigenvalue weighted by atomic mass is 10.1. The molecule has 0 amide bonds. The molecule has 4 heteroatoms. The fourth-order valence-electron chi connectivity index (χ4n) is 2.62. The Morgan fingerprint density at radius 1 is 1.37 bits per heavy atom. The van der Waals surface area contributed by atoms with Crippen LogP contribution in [0.2, 0.25) is 0 Å². The van der Waals surface area contributed by atoms with Crippen molar-refractivity contribution >= 4 is 11.8 Å². The van der Waals surface area contributed by atoms with Crippen molar-refractivity contribution in [2.75, 3.05) is 11.9 Å². The van der Waals surface area contributed by atoms with Crippen LogP contribution >= 0.6 is 0 Å². The molecule has 19 heavy (non-hydrogen) atoms. The Labute approximate surface area is 114 Å². The number of hydrogen-bond acceptors (Lipinski definition) is 3. The lowest BCUT2D eigenvalue weighted by molar-refractivity contribution is 0.0696. The molecule has 0 saturated heterocycles. The van der Waals surface area contributed by atoms with Crippen LogP contribution in [0.4, 0.5) is 5.82 Å². The van der Waals surface area contributed by atoms with Crippen molar-refractivity contribution in [2.45, 2.75) is 51.5 Å². The summed E-state index contributed by atoms with van der Waals surface area (Å²) in [6.45, 7) is 4.07. The van der Waals surface area contributed by atoms with E-state index in [-0.39, 0.29) is 5.92 Å². The van der Waals surface area contributed by atoms with Gasteiger partial charge in [-0.25, -0.2) is 9.78 Å². The molecule has 1 saturated carbocycles. The van der Waals surface area contributed by atoms with Crippen LogP contribution in [-0.2, 0) is 0 Å². The Bertz CT molecular complexity index is 465. The average Bonchev–Trinajstić information content (AvgIpc) is 2.91. The van der Waals surface area contributed by atoms with Gasteiger partial charge in [0, 0.05) is 18.8 Å². The highest BCUT2D eigenvalue weighted by atomic mass is 16.4. The van der Waals surface area contributed by atoms with E-state index in [1.807, 2.05) is 20.9 Å². The standard InChI is InChI=1S/C15H22N2O2/c1-10(2)13-8-11(15(18)19)9-14(16-13)17(3)12-6-4-5-7-12/h8-10,12H,4-7H2,1-3H3,(H,18,19). The molecule has 2 rings (SSSR count). The predicted octanol–water partition coefficient (Wildman–Crippen LogP) is 3.28. The van der Waals surface area contributed by atoms with E-state index >= 15 is 0 Å². The quantitative estimate of drug-likeness (QED) is 0.904. The smallest absolute Gasteiger partial charge is 0.335 e. The highest BCUT2D eigenvalue weighted by Gasteiger charge is 2.22. The molecule has 0 bridgehead atoms. The molecule has 0 aliphatic heterocycles. The third kappa shape index (κ3) is 3.06. The van der Waals surface area contributed by atoms with Crippen LogP contribution in [0.25, 0.3) is 0 Å². The first-order valence-electron chi connectivity index (χ1n) is 6.97. The van der Waals surface area contributed by atoms with Gasteiger partial charge in [0.15, 0.2) is 0 Å². The Morgan fingerprint density at radius 3 is 2.53 bits per heavy atom. The number of hydrogen-bond donors (Lipinski definition) is 1. The number of aromatic nitrogens is 1. The summed E-state index contributed by atoms with van der Waals surface area (Å²) in [7, 11) is 2.02. The zero-order chi connectivity index (χ0) is 14.0. The first kappa shape index (κ1) is 13.8. The van der Waals surface area contributed by atoms with Gasteiger partial charge in [-0.2, -0.15) is 0 Å². The van der Waals surface area contributed by atoms with Gasteiger partial charge in [0.25, 0.3) is 0 Å². The molecule has 0 aromatic carbocycles. The molecule has 1 aromatic heterocycles. The lowest BCUT2D eigenvalue weighted by Gasteiger charge is -2.26. The van der Waals surface area contributed by atoms with Crippen LogP contribution in [-0.4, -0.2) is 29.1 Å². The molecule has 0 atom stereocenters. The first-order valence-corrected chi connectivity index (χ1v) is 6.97. The van der Waals surface area contributed by atoms with Crippen molar-refractivity contribution in [1.29, 1.82) is 0 Å². The number of carboxylic acids is 1. The summed E-state index contributed by atoms with van der Waals surface area (Å²) in [5.74, 6) is 0.135. The van der Waals surface area contributed by atoms with Crippen molar-refractivity contribution in [3.8, 4) is 0 Å². The predicted molar refractivity (Wildman–Crippen MR) is 75.9 cm³/mol. The van der Waals surface area contributed by atoms with Crippen molar-refractivity contribution in [3.05, 3.63) is 23.4 Å². The van der Waals surface area contributed by atoms with Gasteiger partial charge in [0.1, 0.15) is 5.82 Å². The van der Waals surface area contributed by atoms with E-state index in [0.29, 0.717) is 11.6 Å². The van der Waals surface area contributed by atoms with E-state index in [4.69, 9.17) is 0 Å². The van der Waals surface area contributed by atoms with Crippen LogP contribution < -0.4 is 4.90 Å². The maximum Gasteiger partial charge on any atom is 0.335 e. The molecule has 1 aliphatic rings. The lowest BCUT2D eigenvalue weighted by Crippen LogP contribution is -2.30. The Morgan fingerprint density at radius 2 is 2.00 bits per heavy atom. The minimum absolute atomic E-state index is 0.232. The third-order valence-corrected chi connectivity index (χ3v) is 3.90. The summed E-state index contributed by atoms with van der Waals surface area (Å²) >= 11 is 0. The molecular formula is C15H22N2O2. The van der Waals surface area contributed by atoms with Gasteiger partial charge in [-0.1, -0.05) is 26.7 Å². The van der Waals surface area contributed by atoms with Crippen molar-refractivity contribution < 1.29 is 9.90 Å². The molecule has 1 aromatic rings. The van der Waals surface area contributed by atoms with E-state index in [2.05, 4.69) is 9.88 Å². The van der Waals surface area contributed by atoms with Gasteiger partial charge in [-0.3, -0.25) is 0 Å². The van der Waals surface area contributed by atoms with Gasteiger partial charge in [-0.05, 0) is 30.9 Å². The highest BCUT2D eigenvalue weighted by molar-refractivity contribution is 5.88. The number of carbonyl (C=O) groups is 1. The minimum Gasteiger partial charge on any atom is -0.478 e. The topological polar surface area (TPSA) is 53.4 Å². The van der Waals surface area contributed by atoms with E-state index in [1.54, 1.807) is 12.1 Å². The number of pyridine rings is 1. The van der Waals surface area contributed by atoms with E-state index in [0.717, 1.165) is 11.5 Å². The summed E-state index contributed by atoms with van der Waals surface area (Å²) < 4.78 is 0. The number of rotatable bonds is 4. The van der Waals surface area contributed by atoms with E-state index < -0.39 is 5.97 Å². The van der Waals surface area contributed by atoms with Crippen LogP contribution in [0.3, 0.4) is 0 Å². The second-order valence-electron chi connectivity index (χ2n) is 5.65. The zero-order valence-electron chi connectivity index (χ0n) is 11.9. The van der Waals surface area contributed by atoms with Gasteiger partial charge in [0.05, 0.1) is 5.56 Å². The Kier molecular flexibility index (Phi) is 4.08. The summed E-state index contributed by atoms with van der Waals surface area (Å²) in [4.78, 5) is 18.0. The number of aromatic carboxylic acids is 1. The fourth-order valence-corrected chi connectivity index (χ4v) is 2.62. The molecule has 1 aliphatic carbocycles. The zero-order valence-corrected chi connectivity index (χ0v) is 11.9. The number of anilines is 1. The second-order valence-corrected chi connectivity index (χ2v) is 5.65. The maximum atomic E-state index is 11.2. The van der Waals surface area contributed by atoms with Crippen LogP contribution in [0.1, 0.15) is 61.5 Å². The van der Waals surface area contributed by atoms with Gasteiger partial charge in [-0.15, -0.1) is 0 Å². The molecule has 1 N–H and O–H groups in total. The summed E-state index contributed by atoms with van der Waals surface area (Å²) in [5.41, 5.74) is 1.18. The average molecular weight is 262 g/mol. The minimum atomic E-state index is -0.884. The van der Waals surface area contributed by atoms with Crippen LogP contribution in [0.15, 0.2) is 12.1 Å². The SMILES string of the molecule is CC(C)c1cc(C(=O)O)cc(N(C)C2CCCC2)n1. The van der Waals surface area contributed by atoms with E-state index in [1.165, 1.54) is 25.7 Å². The number of nitrogens with zero attached hydrogens (tertiary/aromatic N) is 2. The first-order chi connectivity index (χ1) is 8.99. The molecule has 1 fully saturated rings. The highest BCUT2D eigenvalue weighted by Crippen LogP contribution is 2.27. The van der Waals surface area contributed by atoms with Crippen molar-refractivity contribution in [2.24, 2.45) is 0 Å². The molecule has 4 nitrogen and oxygen atoms in total. The van der Waals surface area contributed by atoms with Gasteiger partial charge in [0.2, 0.25) is 0 Å². The van der Waals surface area contributed by atoms with Gasteiger partial charge < -0.3 is 10.0 Å². The van der Waals surface area contributed by atoms with Crippen molar-refractivity contribution in [3.63, 3.8) is 0 Å². The van der Waals surface area contributed by atoms with Gasteiger partial charge >= 0.3 is 5.97 Å². The third-order valence-electron chi connectivity index (χ3n) is 3.90. The monoisotopic (exact) mass is 262 g/mol. The molecule has 0 radical (unpaired) electrons. The normalized spacial score (nSPS) is 16.0. The molecular weight excluding hydrogens is 240 g/mol. The van der Waals surface area contributed by atoms with Crippen LogP contribution in [0, 0.1) is 0 Å². The largest absolute Gasteiger partial charge is 0.478 e. The summed E-state index contributed by atoms with van der Waals surface area (Å²) in [6, 6.07) is 3.86. The van der Waals surface area contributed by atoms with Crippen molar-refractivity contribution in [1.82, 2.24) is 4.98 Å². The molecule has 1 heterocycles. The molecule has 0 spiro atoms. The second kappa shape index (κ2) is 5.59. The van der Waals surface area contributed by atoms with Crippen LogP contribution in [0.5, 0.6) is 0 Å². The Balaban J connectivity index is 2.35. The summed E-state index contributed by atoms with van der Waals surface area (Å²) in [5, 5.41) is 9.22. The number of carboxylic acid groups (broad SMARTS) is 1.